The minimum atomic E-state index is -1.07. The van der Waals surface area contributed by atoms with E-state index in [-0.39, 0.29) is 18.3 Å². The van der Waals surface area contributed by atoms with Crippen molar-refractivity contribution in [2.45, 2.75) is 37.8 Å². The maximum atomic E-state index is 11.6. The maximum Gasteiger partial charge on any atom is 0.263 e. The molecule has 3 fully saturated rings. The number of anilines is 2. The fraction of sp³-hybridized carbons (Fsp3) is 0.536. The normalized spacial score (nSPS) is 22.9. The minimum Gasteiger partial charge on any atom is -0.433 e. The first kappa shape index (κ1) is 26.0. The van der Waals surface area contributed by atoms with Crippen LogP contribution in [0.25, 0.3) is 11.3 Å². The van der Waals surface area contributed by atoms with E-state index < -0.39 is 5.60 Å². The molecule has 5 heterocycles. The van der Waals surface area contributed by atoms with Crippen LogP contribution in [-0.4, -0.2) is 89.4 Å². The van der Waals surface area contributed by atoms with Crippen molar-refractivity contribution in [3.63, 3.8) is 0 Å². The monoisotopic (exact) mass is 535 g/mol. The molecule has 0 spiro atoms. The lowest BCUT2D eigenvalue weighted by Crippen LogP contribution is -2.39. The standard InChI is InChI=1S/C28H37N7O4/c1-19-13-20(14-23(28(36)5-10-38-18-28)25(19)34-8-11-37-12-9-34)24-16-30-26(29)27(32-24)39-22-15-31-35(17-22)21-3-6-33(2)7-4-21/h13-17,21,36H,3-12,18H2,1-2H3,(H2,29,30). The zero-order chi connectivity index (χ0) is 27.0. The van der Waals surface area contributed by atoms with Crippen molar-refractivity contribution in [1.29, 1.82) is 0 Å². The average Bonchev–Trinajstić information content (AvgIpc) is 3.60. The van der Waals surface area contributed by atoms with Gasteiger partial charge in [-0.05, 0) is 57.6 Å². The largest absolute Gasteiger partial charge is 0.433 e. The van der Waals surface area contributed by atoms with Gasteiger partial charge in [0.2, 0.25) is 0 Å². The molecule has 0 aliphatic carbocycles. The SMILES string of the molecule is Cc1cc(-c2cnc(N)c(Oc3cnn(C4CCN(C)CC4)c3)n2)cc(C2(O)CCOC2)c1N1CCOCC1. The Hall–Kier alpha value is -3.25. The molecule has 2 aromatic heterocycles. The summed E-state index contributed by atoms with van der Waals surface area (Å²) in [6.45, 7) is 7.81. The average molecular weight is 536 g/mol. The number of nitrogens with two attached hydrogens (primary N) is 1. The highest BCUT2D eigenvalue weighted by atomic mass is 16.5. The molecule has 3 aliphatic rings. The van der Waals surface area contributed by atoms with Gasteiger partial charge in [0.1, 0.15) is 5.60 Å². The summed E-state index contributed by atoms with van der Waals surface area (Å²) in [7, 11) is 2.14. The van der Waals surface area contributed by atoms with Crippen molar-refractivity contribution >= 4 is 11.5 Å². The van der Waals surface area contributed by atoms with E-state index in [4.69, 9.17) is 24.9 Å². The molecule has 3 N–H and O–H groups in total. The lowest BCUT2D eigenvalue weighted by molar-refractivity contribution is 0.0233. The van der Waals surface area contributed by atoms with Gasteiger partial charge >= 0.3 is 0 Å². The number of hydrogen-bond acceptors (Lipinski definition) is 10. The third kappa shape index (κ3) is 5.31. The summed E-state index contributed by atoms with van der Waals surface area (Å²) in [5.41, 5.74) is 9.48. The molecule has 0 bridgehead atoms. The Balaban J connectivity index is 1.31. The first-order valence-corrected chi connectivity index (χ1v) is 13.7. The van der Waals surface area contributed by atoms with E-state index in [0.29, 0.717) is 43.7 Å². The van der Waals surface area contributed by atoms with Gasteiger partial charge in [0.15, 0.2) is 11.6 Å². The summed E-state index contributed by atoms with van der Waals surface area (Å²) in [5.74, 6) is 1.01. The molecule has 0 radical (unpaired) electrons. The molecular formula is C28H37N7O4. The number of hydrogen-bond donors (Lipinski definition) is 2. The van der Waals surface area contributed by atoms with E-state index in [9.17, 15) is 5.11 Å². The summed E-state index contributed by atoms with van der Waals surface area (Å²) in [6.07, 6.45) is 7.88. The van der Waals surface area contributed by atoms with Crippen LogP contribution in [0.15, 0.2) is 30.7 Å². The van der Waals surface area contributed by atoms with Crippen LogP contribution in [0.3, 0.4) is 0 Å². The molecule has 6 rings (SSSR count). The fourth-order valence-electron chi connectivity index (χ4n) is 5.80. The van der Waals surface area contributed by atoms with Gasteiger partial charge in [0.05, 0.1) is 50.1 Å². The zero-order valence-electron chi connectivity index (χ0n) is 22.7. The number of nitrogen functional groups attached to an aromatic ring is 1. The number of piperidine rings is 1. The number of ether oxygens (including phenoxy) is 3. The molecule has 1 aromatic carbocycles. The van der Waals surface area contributed by atoms with E-state index >= 15 is 0 Å². The van der Waals surface area contributed by atoms with E-state index in [1.54, 1.807) is 12.4 Å². The first-order chi connectivity index (χ1) is 18.9. The quantitative estimate of drug-likeness (QED) is 0.487. The van der Waals surface area contributed by atoms with Crippen molar-refractivity contribution < 1.29 is 19.3 Å². The molecule has 0 amide bonds. The van der Waals surface area contributed by atoms with Crippen molar-refractivity contribution in [2.75, 3.05) is 70.3 Å². The Kier molecular flexibility index (Phi) is 7.15. The molecule has 11 heteroatoms. The Bertz CT molecular complexity index is 1310. The van der Waals surface area contributed by atoms with Crippen LogP contribution in [0.4, 0.5) is 11.5 Å². The molecule has 208 valence electrons. The molecule has 1 atom stereocenters. The smallest absolute Gasteiger partial charge is 0.263 e. The lowest BCUT2D eigenvalue weighted by Gasteiger charge is -2.35. The number of likely N-dealkylation sites (tertiary alicyclic amines) is 1. The second-order valence-electron chi connectivity index (χ2n) is 10.9. The zero-order valence-corrected chi connectivity index (χ0v) is 22.7. The number of nitrogens with zero attached hydrogens (tertiary/aromatic N) is 6. The predicted molar refractivity (Wildman–Crippen MR) is 147 cm³/mol. The van der Waals surface area contributed by atoms with Crippen molar-refractivity contribution in [3.05, 3.63) is 41.9 Å². The van der Waals surface area contributed by atoms with Gasteiger partial charge in [0, 0.05) is 42.9 Å². The summed E-state index contributed by atoms with van der Waals surface area (Å²) in [5, 5.41) is 16.1. The molecule has 11 nitrogen and oxygen atoms in total. The number of morpholine rings is 1. The molecule has 3 saturated heterocycles. The van der Waals surface area contributed by atoms with E-state index in [1.165, 1.54) is 0 Å². The maximum absolute atomic E-state index is 11.6. The van der Waals surface area contributed by atoms with E-state index in [1.807, 2.05) is 16.9 Å². The van der Waals surface area contributed by atoms with E-state index in [2.05, 4.69) is 39.9 Å². The van der Waals surface area contributed by atoms with Crippen LogP contribution in [0.2, 0.25) is 0 Å². The number of aryl methyl sites for hydroxylation is 1. The summed E-state index contributed by atoms with van der Waals surface area (Å²) in [6, 6.07) is 4.44. The summed E-state index contributed by atoms with van der Waals surface area (Å²) >= 11 is 0. The number of aromatic nitrogens is 4. The van der Waals surface area contributed by atoms with Crippen molar-refractivity contribution in [2.24, 2.45) is 0 Å². The lowest BCUT2D eigenvalue weighted by atomic mass is 9.87. The number of rotatable bonds is 6. The third-order valence-electron chi connectivity index (χ3n) is 8.05. The Morgan fingerprint density at radius 2 is 1.87 bits per heavy atom. The van der Waals surface area contributed by atoms with Gasteiger partial charge in [0.25, 0.3) is 5.88 Å². The third-order valence-corrected chi connectivity index (χ3v) is 8.05. The summed E-state index contributed by atoms with van der Waals surface area (Å²) in [4.78, 5) is 13.8. The van der Waals surface area contributed by atoms with Crippen molar-refractivity contribution in [3.8, 4) is 22.9 Å². The topological polar surface area (TPSA) is 124 Å². The fourth-order valence-corrected chi connectivity index (χ4v) is 5.80. The van der Waals surface area contributed by atoms with Gasteiger partial charge in [-0.3, -0.25) is 4.68 Å². The first-order valence-electron chi connectivity index (χ1n) is 13.7. The molecule has 3 aromatic rings. The van der Waals surface area contributed by atoms with Crippen LogP contribution >= 0.6 is 0 Å². The van der Waals surface area contributed by atoms with Gasteiger partial charge in [-0.25, -0.2) is 9.97 Å². The Labute approximate surface area is 228 Å². The van der Waals surface area contributed by atoms with Gasteiger partial charge in [-0.15, -0.1) is 0 Å². The van der Waals surface area contributed by atoms with Crippen LogP contribution in [0.1, 0.15) is 36.4 Å². The molecule has 39 heavy (non-hydrogen) atoms. The van der Waals surface area contributed by atoms with Gasteiger partial charge < -0.3 is 34.9 Å². The minimum absolute atomic E-state index is 0.204. The second kappa shape index (κ2) is 10.7. The number of benzene rings is 1. The van der Waals surface area contributed by atoms with Gasteiger partial charge in [-0.1, -0.05) is 0 Å². The summed E-state index contributed by atoms with van der Waals surface area (Å²) < 4.78 is 19.3. The van der Waals surface area contributed by atoms with Gasteiger partial charge in [-0.2, -0.15) is 5.10 Å². The molecule has 1 unspecified atom stereocenters. The Morgan fingerprint density at radius 1 is 1.08 bits per heavy atom. The van der Waals surface area contributed by atoms with Crippen LogP contribution < -0.4 is 15.4 Å². The van der Waals surface area contributed by atoms with Crippen molar-refractivity contribution in [1.82, 2.24) is 24.6 Å². The van der Waals surface area contributed by atoms with Crippen LogP contribution in [0.5, 0.6) is 11.6 Å². The van der Waals surface area contributed by atoms with Crippen LogP contribution in [0, 0.1) is 6.92 Å². The number of aliphatic hydroxyl groups is 1. The molecule has 0 saturated carbocycles. The highest BCUT2D eigenvalue weighted by Crippen LogP contribution is 2.42. The Morgan fingerprint density at radius 3 is 2.62 bits per heavy atom. The van der Waals surface area contributed by atoms with Crippen LogP contribution in [-0.2, 0) is 15.1 Å². The molecular weight excluding hydrogens is 498 g/mol. The second-order valence-corrected chi connectivity index (χ2v) is 10.9. The highest BCUT2D eigenvalue weighted by molar-refractivity contribution is 5.72. The van der Waals surface area contributed by atoms with E-state index in [0.717, 1.165) is 61.4 Å². The highest BCUT2D eigenvalue weighted by Gasteiger charge is 2.38. The molecule has 3 aliphatic heterocycles. The predicted octanol–water partition coefficient (Wildman–Crippen LogP) is 2.73.